The molecule has 0 fully saturated rings. The number of rotatable bonds is 9. The Morgan fingerprint density at radius 1 is 0.786 bits per heavy atom. The van der Waals surface area contributed by atoms with Crippen LogP contribution in [0, 0.1) is 0 Å². The van der Waals surface area contributed by atoms with Crippen LogP contribution in [-0.4, -0.2) is 18.8 Å². The summed E-state index contributed by atoms with van der Waals surface area (Å²) in [6.45, 7) is 0.780. The molecule has 3 aromatic carbocycles. The number of hydrogen-bond acceptors (Lipinski definition) is 4. The van der Waals surface area contributed by atoms with Gasteiger partial charge in [0.25, 0.3) is 0 Å². The van der Waals surface area contributed by atoms with Crippen molar-refractivity contribution < 1.29 is 14.3 Å². The van der Waals surface area contributed by atoms with Crippen LogP contribution in [0.15, 0.2) is 91.0 Å². The Balaban J connectivity index is 1.86. The zero-order chi connectivity index (χ0) is 19.7. The molecule has 3 aromatic rings. The van der Waals surface area contributed by atoms with Crippen molar-refractivity contribution in [3.05, 3.63) is 108 Å². The summed E-state index contributed by atoms with van der Waals surface area (Å²) >= 11 is 0. The molecular weight excluding hydrogens is 350 g/mol. The molecule has 1 atom stereocenters. The van der Waals surface area contributed by atoms with Gasteiger partial charge in [-0.3, -0.25) is 5.32 Å². The maximum absolute atomic E-state index is 12.9. The molecule has 1 N–H and O–H groups in total. The van der Waals surface area contributed by atoms with Gasteiger partial charge in [-0.2, -0.15) is 0 Å². The van der Waals surface area contributed by atoms with Crippen LogP contribution in [0.25, 0.3) is 0 Å². The summed E-state index contributed by atoms with van der Waals surface area (Å²) in [5.41, 5.74) is 1.75. The molecular formula is C24H25NO3. The fourth-order valence-electron chi connectivity index (χ4n) is 3.04. The molecule has 0 bridgehead atoms. The lowest BCUT2D eigenvalue weighted by Gasteiger charge is -2.32. The Labute approximate surface area is 166 Å². The lowest BCUT2D eigenvalue weighted by Crippen LogP contribution is -2.56. The Hall–Kier alpha value is -2.95. The number of nitrogens with one attached hydrogen (secondary N) is 1. The molecule has 4 nitrogen and oxygen atoms in total. The van der Waals surface area contributed by atoms with Crippen LogP contribution in [0.1, 0.15) is 16.7 Å². The van der Waals surface area contributed by atoms with Crippen molar-refractivity contribution >= 4 is 5.97 Å². The number of carbonyl (C=O) groups is 1. The highest BCUT2D eigenvalue weighted by Crippen LogP contribution is 2.21. The summed E-state index contributed by atoms with van der Waals surface area (Å²) in [5.74, 6) is -0.441. The highest BCUT2D eigenvalue weighted by atomic mass is 16.6. The van der Waals surface area contributed by atoms with Crippen LogP contribution in [0.4, 0.5) is 0 Å². The second kappa shape index (κ2) is 9.83. The molecule has 0 saturated carbocycles. The average Bonchev–Trinajstić information content (AvgIpc) is 2.77. The Kier molecular flexibility index (Phi) is 6.95. The molecule has 0 aliphatic rings. The first kappa shape index (κ1) is 19.8. The van der Waals surface area contributed by atoms with Crippen LogP contribution in [-0.2, 0) is 33.8 Å². The molecule has 0 radical (unpaired) electrons. The zero-order valence-corrected chi connectivity index (χ0v) is 16.0. The van der Waals surface area contributed by atoms with Crippen LogP contribution >= 0.6 is 0 Å². The molecule has 0 aliphatic heterocycles. The minimum Gasteiger partial charge on any atom is -0.466 e. The van der Waals surface area contributed by atoms with Crippen molar-refractivity contribution in [3.63, 3.8) is 0 Å². The van der Waals surface area contributed by atoms with Crippen molar-refractivity contribution in [3.8, 4) is 0 Å². The smallest absolute Gasteiger partial charge is 0.353 e. The van der Waals surface area contributed by atoms with Crippen molar-refractivity contribution in [1.29, 1.82) is 0 Å². The zero-order valence-electron chi connectivity index (χ0n) is 16.0. The average molecular weight is 375 g/mol. The molecule has 4 heteroatoms. The summed E-state index contributed by atoms with van der Waals surface area (Å²) < 4.78 is 11.3. The van der Waals surface area contributed by atoms with Gasteiger partial charge in [0.05, 0.1) is 13.7 Å². The van der Waals surface area contributed by atoms with Gasteiger partial charge < -0.3 is 9.47 Å². The minimum absolute atomic E-state index is 0.296. The molecule has 28 heavy (non-hydrogen) atoms. The summed E-state index contributed by atoms with van der Waals surface area (Å²) in [7, 11) is 1.39. The molecule has 0 amide bonds. The molecule has 144 valence electrons. The third-order valence-electron chi connectivity index (χ3n) is 4.56. The molecule has 0 aromatic heterocycles. The maximum atomic E-state index is 12.9. The van der Waals surface area contributed by atoms with Gasteiger partial charge in [-0.05, 0) is 16.7 Å². The minimum atomic E-state index is -1.29. The van der Waals surface area contributed by atoms with Crippen LogP contribution in [0.2, 0.25) is 0 Å². The van der Waals surface area contributed by atoms with E-state index in [0.717, 1.165) is 16.7 Å². The van der Waals surface area contributed by atoms with E-state index in [2.05, 4.69) is 5.32 Å². The van der Waals surface area contributed by atoms with E-state index in [0.29, 0.717) is 19.6 Å². The van der Waals surface area contributed by atoms with E-state index in [1.807, 2.05) is 91.0 Å². The predicted molar refractivity (Wildman–Crippen MR) is 109 cm³/mol. The van der Waals surface area contributed by atoms with Gasteiger partial charge in [0, 0.05) is 13.0 Å². The summed E-state index contributed by atoms with van der Waals surface area (Å²) in [4.78, 5) is 12.9. The fraction of sp³-hybridized carbons (Fsp3) is 0.208. The Morgan fingerprint density at radius 3 is 1.82 bits per heavy atom. The Bertz CT molecular complexity index is 807. The van der Waals surface area contributed by atoms with Gasteiger partial charge in [0.2, 0.25) is 5.72 Å². The van der Waals surface area contributed by atoms with Gasteiger partial charge in [-0.1, -0.05) is 91.0 Å². The van der Waals surface area contributed by atoms with E-state index in [1.165, 1.54) is 7.11 Å². The van der Waals surface area contributed by atoms with Crippen molar-refractivity contribution in [2.75, 3.05) is 7.11 Å². The fourth-order valence-corrected chi connectivity index (χ4v) is 3.04. The van der Waals surface area contributed by atoms with E-state index >= 15 is 0 Å². The highest BCUT2D eigenvalue weighted by molar-refractivity contribution is 5.79. The summed E-state index contributed by atoms with van der Waals surface area (Å²) in [6.07, 6.45) is 0.361. The van der Waals surface area contributed by atoms with E-state index in [-0.39, 0.29) is 0 Å². The van der Waals surface area contributed by atoms with Crippen LogP contribution < -0.4 is 5.32 Å². The number of esters is 1. The lowest BCUT2D eigenvalue weighted by molar-refractivity contribution is -0.178. The van der Waals surface area contributed by atoms with Crippen molar-refractivity contribution in [2.45, 2.75) is 25.3 Å². The topological polar surface area (TPSA) is 47.6 Å². The van der Waals surface area contributed by atoms with E-state index < -0.39 is 11.7 Å². The molecule has 0 spiro atoms. The largest absolute Gasteiger partial charge is 0.466 e. The molecule has 3 rings (SSSR count). The monoisotopic (exact) mass is 375 g/mol. The normalized spacial score (nSPS) is 12.9. The highest BCUT2D eigenvalue weighted by Gasteiger charge is 2.41. The van der Waals surface area contributed by atoms with Crippen LogP contribution in [0.5, 0.6) is 0 Å². The van der Waals surface area contributed by atoms with E-state index in [9.17, 15) is 4.79 Å². The molecule has 0 aliphatic carbocycles. The quantitative estimate of drug-likeness (QED) is 0.452. The predicted octanol–water partition coefficient (Wildman–Crippen LogP) is 4.11. The van der Waals surface area contributed by atoms with Gasteiger partial charge in [0.15, 0.2) is 0 Å². The number of methoxy groups -OCH3 is 1. The first-order chi connectivity index (χ1) is 13.7. The van der Waals surface area contributed by atoms with Crippen molar-refractivity contribution in [1.82, 2.24) is 5.32 Å². The number of ether oxygens (including phenoxy) is 2. The van der Waals surface area contributed by atoms with Gasteiger partial charge in [-0.15, -0.1) is 0 Å². The third kappa shape index (κ3) is 5.28. The second-order valence-electron chi connectivity index (χ2n) is 6.59. The number of benzene rings is 3. The van der Waals surface area contributed by atoms with Crippen LogP contribution in [0.3, 0.4) is 0 Å². The maximum Gasteiger partial charge on any atom is 0.353 e. The lowest BCUT2D eigenvalue weighted by atomic mass is 10.0. The first-order valence-electron chi connectivity index (χ1n) is 9.31. The molecule has 0 saturated heterocycles. The summed E-state index contributed by atoms with van der Waals surface area (Å²) in [6, 6.07) is 29.5. The standard InChI is InChI=1S/C24H25NO3/c1-27-23(26)24(17-20-11-5-2-6-12-20,25-18-21-13-7-3-8-14-21)28-19-22-15-9-4-10-16-22/h2-16,25H,17-19H2,1H3. The van der Waals surface area contributed by atoms with Gasteiger partial charge in [-0.25, -0.2) is 4.79 Å². The first-order valence-corrected chi connectivity index (χ1v) is 9.31. The summed E-state index contributed by atoms with van der Waals surface area (Å²) in [5, 5.41) is 3.32. The van der Waals surface area contributed by atoms with Gasteiger partial charge >= 0.3 is 5.97 Å². The third-order valence-corrected chi connectivity index (χ3v) is 4.56. The Morgan fingerprint density at radius 2 is 1.29 bits per heavy atom. The molecule has 1 unspecified atom stereocenters. The van der Waals surface area contributed by atoms with Crippen molar-refractivity contribution in [2.24, 2.45) is 0 Å². The number of carbonyl (C=O) groups excluding carboxylic acids is 1. The number of hydrogen-bond donors (Lipinski definition) is 1. The SMILES string of the molecule is COC(=O)C(Cc1ccccc1)(NCc1ccccc1)OCc1ccccc1. The molecule has 0 heterocycles. The van der Waals surface area contributed by atoms with E-state index in [4.69, 9.17) is 9.47 Å². The van der Waals surface area contributed by atoms with Gasteiger partial charge in [0.1, 0.15) is 0 Å². The van der Waals surface area contributed by atoms with E-state index in [1.54, 1.807) is 0 Å². The second-order valence-corrected chi connectivity index (χ2v) is 6.59.